The normalized spacial score (nSPS) is 26.7. The van der Waals surface area contributed by atoms with Crippen molar-refractivity contribution in [3.8, 4) is 5.75 Å². The lowest BCUT2D eigenvalue weighted by atomic mass is 9.81. The van der Waals surface area contributed by atoms with E-state index >= 15 is 0 Å². The van der Waals surface area contributed by atoms with Gasteiger partial charge < -0.3 is 5.11 Å². The zero-order chi connectivity index (χ0) is 13.6. The molecule has 1 N–H and O–H groups in total. The van der Waals surface area contributed by atoms with Crippen LogP contribution in [0.1, 0.15) is 25.7 Å². The molecule has 0 bridgehead atoms. The van der Waals surface area contributed by atoms with Gasteiger partial charge in [0, 0.05) is 5.02 Å². The second-order valence-electron chi connectivity index (χ2n) is 5.14. The molecule has 2 atom stereocenters. The van der Waals surface area contributed by atoms with E-state index in [1.165, 1.54) is 18.2 Å². The average molecular weight is 280 g/mol. The van der Waals surface area contributed by atoms with Gasteiger partial charge in [-0.2, -0.15) is 0 Å². The number of anilines is 1. The number of hydrogen-bond donors (Lipinski definition) is 1. The largest absolute Gasteiger partial charge is 0.506 e. The number of phenols is 1. The summed E-state index contributed by atoms with van der Waals surface area (Å²) in [6.45, 7) is 0. The topological polar surface area (TPSA) is 57.6 Å². The molecule has 2 amide bonds. The van der Waals surface area contributed by atoms with Crippen molar-refractivity contribution in [2.75, 3.05) is 4.90 Å². The number of fused-ring (bicyclic) bond motifs is 1. The third-order valence-corrected chi connectivity index (χ3v) is 4.25. The Morgan fingerprint density at radius 2 is 1.68 bits per heavy atom. The fourth-order valence-electron chi connectivity index (χ4n) is 3.08. The molecule has 1 heterocycles. The molecule has 1 aliphatic heterocycles. The smallest absolute Gasteiger partial charge is 0.237 e. The van der Waals surface area contributed by atoms with Crippen LogP contribution in [0.25, 0.3) is 0 Å². The molecule has 19 heavy (non-hydrogen) atoms. The fourth-order valence-corrected chi connectivity index (χ4v) is 3.24. The Balaban J connectivity index is 2.03. The van der Waals surface area contributed by atoms with Gasteiger partial charge in [-0.1, -0.05) is 24.4 Å². The quantitative estimate of drug-likeness (QED) is 0.804. The molecule has 0 radical (unpaired) electrons. The Morgan fingerprint density at radius 1 is 1.11 bits per heavy atom. The fraction of sp³-hybridized carbons (Fsp3) is 0.429. The lowest BCUT2D eigenvalue weighted by molar-refractivity contribution is -0.122. The molecule has 1 saturated carbocycles. The van der Waals surface area contributed by atoms with Crippen LogP contribution < -0.4 is 4.90 Å². The molecule has 100 valence electrons. The molecule has 5 heteroatoms. The van der Waals surface area contributed by atoms with E-state index in [1.54, 1.807) is 0 Å². The van der Waals surface area contributed by atoms with Gasteiger partial charge in [0.05, 0.1) is 17.5 Å². The van der Waals surface area contributed by atoms with Gasteiger partial charge >= 0.3 is 0 Å². The van der Waals surface area contributed by atoms with Crippen molar-refractivity contribution in [3.05, 3.63) is 23.2 Å². The number of hydrogen-bond acceptors (Lipinski definition) is 3. The average Bonchev–Trinajstić information content (AvgIpc) is 2.66. The van der Waals surface area contributed by atoms with Gasteiger partial charge in [-0.25, -0.2) is 4.90 Å². The Labute approximate surface area is 116 Å². The maximum Gasteiger partial charge on any atom is 0.237 e. The summed E-state index contributed by atoms with van der Waals surface area (Å²) in [6, 6.07) is 4.39. The summed E-state index contributed by atoms with van der Waals surface area (Å²) in [7, 11) is 0. The highest BCUT2D eigenvalue weighted by atomic mass is 35.5. The van der Waals surface area contributed by atoms with Crippen LogP contribution in [0.5, 0.6) is 5.75 Å². The highest BCUT2D eigenvalue weighted by Gasteiger charge is 2.49. The first-order chi connectivity index (χ1) is 9.09. The highest BCUT2D eigenvalue weighted by molar-refractivity contribution is 6.31. The Morgan fingerprint density at radius 3 is 2.26 bits per heavy atom. The molecule has 0 aromatic heterocycles. The van der Waals surface area contributed by atoms with Crippen LogP contribution >= 0.6 is 11.6 Å². The number of carbonyl (C=O) groups excluding carboxylic acids is 2. The van der Waals surface area contributed by atoms with Crippen LogP contribution in [-0.2, 0) is 9.59 Å². The van der Waals surface area contributed by atoms with Gasteiger partial charge in [0.25, 0.3) is 0 Å². The van der Waals surface area contributed by atoms with E-state index in [4.69, 9.17) is 11.6 Å². The molecule has 2 aliphatic rings. The van der Waals surface area contributed by atoms with E-state index in [-0.39, 0.29) is 35.1 Å². The number of imide groups is 1. The maximum absolute atomic E-state index is 12.4. The standard InChI is InChI=1S/C14H14ClNO3/c15-8-5-6-12(17)11(7-8)16-13(18)9-3-1-2-4-10(9)14(16)19/h5-7,9-10,17H,1-4H2/t9-,10-/m1/s1. The first kappa shape index (κ1) is 12.5. The predicted molar refractivity (Wildman–Crippen MR) is 71.1 cm³/mol. The molecule has 1 aromatic carbocycles. The van der Waals surface area contributed by atoms with Crippen LogP contribution in [0, 0.1) is 11.8 Å². The van der Waals surface area contributed by atoms with Crippen molar-refractivity contribution >= 4 is 29.1 Å². The minimum atomic E-state index is -0.223. The number of nitrogens with zero attached hydrogens (tertiary/aromatic N) is 1. The van der Waals surface area contributed by atoms with Gasteiger partial charge in [0.1, 0.15) is 5.75 Å². The maximum atomic E-state index is 12.4. The van der Waals surface area contributed by atoms with E-state index in [0.29, 0.717) is 5.02 Å². The molecule has 0 unspecified atom stereocenters. The zero-order valence-electron chi connectivity index (χ0n) is 10.3. The summed E-state index contributed by atoms with van der Waals surface area (Å²) in [5.74, 6) is -0.941. The zero-order valence-corrected chi connectivity index (χ0v) is 11.1. The molecule has 4 nitrogen and oxygen atoms in total. The predicted octanol–water partition coefficient (Wildman–Crippen LogP) is 2.73. The van der Waals surface area contributed by atoms with Gasteiger partial charge in [0.15, 0.2) is 0 Å². The van der Waals surface area contributed by atoms with Crippen LogP contribution in [0.3, 0.4) is 0 Å². The van der Waals surface area contributed by atoms with Crippen molar-refractivity contribution < 1.29 is 14.7 Å². The number of aromatic hydroxyl groups is 1. The first-order valence-electron chi connectivity index (χ1n) is 6.46. The second-order valence-corrected chi connectivity index (χ2v) is 5.58. The van der Waals surface area contributed by atoms with Crippen LogP contribution in [0.4, 0.5) is 5.69 Å². The molecule has 1 aliphatic carbocycles. The lowest BCUT2D eigenvalue weighted by Crippen LogP contribution is -2.30. The van der Waals surface area contributed by atoms with E-state index < -0.39 is 0 Å². The van der Waals surface area contributed by atoms with Crippen molar-refractivity contribution in [1.29, 1.82) is 0 Å². The van der Waals surface area contributed by atoms with Crippen molar-refractivity contribution in [2.24, 2.45) is 11.8 Å². The summed E-state index contributed by atoms with van der Waals surface area (Å²) in [5.41, 5.74) is 0.205. The number of carbonyl (C=O) groups is 2. The third kappa shape index (κ3) is 1.91. The van der Waals surface area contributed by atoms with Crippen LogP contribution in [0.2, 0.25) is 5.02 Å². The van der Waals surface area contributed by atoms with E-state index in [1.807, 2.05) is 0 Å². The van der Waals surface area contributed by atoms with Gasteiger partial charge in [0.2, 0.25) is 11.8 Å². The number of rotatable bonds is 1. The van der Waals surface area contributed by atoms with Gasteiger partial charge in [-0.15, -0.1) is 0 Å². The van der Waals surface area contributed by atoms with Crippen LogP contribution in [0.15, 0.2) is 18.2 Å². The third-order valence-electron chi connectivity index (χ3n) is 4.02. The summed E-state index contributed by atoms with van der Waals surface area (Å²) >= 11 is 5.88. The lowest BCUT2D eigenvalue weighted by Gasteiger charge is -2.19. The number of amides is 2. The summed E-state index contributed by atoms with van der Waals surface area (Å²) in [5, 5.41) is 10.3. The van der Waals surface area contributed by atoms with Gasteiger partial charge in [-0.3, -0.25) is 9.59 Å². The summed E-state index contributed by atoms with van der Waals surface area (Å²) < 4.78 is 0. The number of halogens is 1. The van der Waals surface area contributed by atoms with E-state index in [9.17, 15) is 14.7 Å². The van der Waals surface area contributed by atoms with Crippen molar-refractivity contribution in [1.82, 2.24) is 0 Å². The summed E-state index contributed by atoms with van der Waals surface area (Å²) in [4.78, 5) is 25.8. The van der Waals surface area contributed by atoms with E-state index in [0.717, 1.165) is 30.6 Å². The van der Waals surface area contributed by atoms with E-state index in [2.05, 4.69) is 0 Å². The van der Waals surface area contributed by atoms with Crippen molar-refractivity contribution in [3.63, 3.8) is 0 Å². The molecule has 1 saturated heterocycles. The monoisotopic (exact) mass is 279 g/mol. The SMILES string of the molecule is O=C1[C@@H]2CCCC[C@H]2C(=O)N1c1cc(Cl)ccc1O. The molecule has 0 spiro atoms. The second kappa shape index (κ2) is 4.53. The highest BCUT2D eigenvalue weighted by Crippen LogP contribution is 2.42. The first-order valence-corrected chi connectivity index (χ1v) is 6.83. The molecular formula is C14H14ClNO3. The Bertz CT molecular complexity index is 534. The summed E-state index contributed by atoms with van der Waals surface area (Å²) in [6.07, 6.45) is 3.48. The minimum Gasteiger partial charge on any atom is -0.506 e. The Hall–Kier alpha value is -1.55. The van der Waals surface area contributed by atoms with Crippen LogP contribution in [-0.4, -0.2) is 16.9 Å². The number of phenolic OH excluding ortho intramolecular Hbond substituents is 1. The molecular weight excluding hydrogens is 266 g/mol. The molecule has 2 fully saturated rings. The van der Waals surface area contributed by atoms with Gasteiger partial charge in [-0.05, 0) is 31.0 Å². The molecule has 1 aromatic rings. The minimum absolute atomic E-state index is 0.0928. The van der Waals surface area contributed by atoms with Crippen molar-refractivity contribution in [2.45, 2.75) is 25.7 Å². The number of benzene rings is 1. The Kier molecular flexibility index (Phi) is 2.97. The molecule has 3 rings (SSSR count).